The first-order chi connectivity index (χ1) is 11.4. The number of aromatic nitrogens is 1. The number of hydrogen-bond donors (Lipinski definition) is 1. The summed E-state index contributed by atoms with van der Waals surface area (Å²) in [5, 5.41) is 3.24. The summed E-state index contributed by atoms with van der Waals surface area (Å²) in [7, 11) is -3.27. The lowest BCUT2D eigenvalue weighted by Crippen LogP contribution is -2.12. The van der Waals surface area contributed by atoms with Gasteiger partial charge < -0.3 is 0 Å². The molecule has 1 heterocycles. The van der Waals surface area contributed by atoms with Gasteiger partial charge in [0.1, 0.15) is 0 Å². The number of para-hydroxylation sites is 1. The lowest BCUT2D eigenvalue weighted by molar-refractivity contribution is 0.102. The fourth-order valence-electron chi connectivity index (χ4n) is 2.12. The molecule has 0 spiro atoms. The molecule has 0 bridgehead atoms. The van der Waals surface area contributed by atoms with Crippen LogP contribution in [0, 0.1) is 0 Å². The topological polar surface area (TPSA) is 76.1 Å². The summed E-state index contributed by atoms with van der Waals surface area (Å²) in [5.74, 6) is -0.301. The third-order valence-electron chi connectivity index (χ3n) is 3.45. The highest BCUT2D eigenvalue weighted by atomic mass is 79.9. The predicted octanol–water partition coefficient (Wildman–Crippen LogP) is 4.10. The summed E-state index contributed by atoms with van der Waals surface area (Å²) in [4.78, 5) is 16.9. The van der Waals surface area contributed by atoms with Crippen molar-refractivity contribution in [3.8, 4) is 0 Å². The van der Waals surface area contributed by atoms with Gasteiger partial charge in [-0.2, -0.15) is 0 Å². The lowest BCUT2D eigenvalue weighted by atomic mass is 10.2. The van der Waals surface area contributed by atoms with Crippen molar-refractivity contribution in [2.75, 3.05) is 11.1 Å². The average Bonchev–Trinajstić information content (AvgIpc) is 2.99. The van der Waals surface area contributed by atoms with Crippen molar-refractivity contribution < 1.29 is 13.2 Å². The number of anilines is 1. The van der Waals surface area contributed by atoms with E-state index >= 15 is 0 Å². The van der Waals surface area contributed by atoms with Crippen LogP contribution < -0.4 is 5.32 Å². The smallest absolute Gasteiger partial charge is 0.257 e. The first kappa shape index (κ1) is 17.1. The summed E-state index contributed by atoms with van der Waals surface area (Å²) >= 11 is 4.81. The second kappa shape index (κ2) is 6.62. The fourth-order valence-corrected chi connectivity index (χ4v) is 4.48. The van der Waals surface area contributed by atoms with Crippen LogP contribution in [-0.2, 0) is 9.84 Å². The highest BCUT2D eigenvalue weighted by Crippen LogP contribution is 2.31. The molecule has 2 aromatic carbocycles. The molecule has 3 rings (SSSR count). The van der Waals surface area contributed by atoms with E-state index in [-0.39, 0.29) is 16.6 Å². The summed E-state index contributed by atoms with van der Waals surface area (Å²) in [6, 6.07) is 11.6. The molecule has 1 amide bonds. The summed E-state index contributed by atoms with van der Waals surface area (Å²) in [5.41, 5.74) is 1.17. The van der Waals surface area contributed by atoms with Crippen molar-refractivity contribution in [2.45, 2.75) is 11.8 Å². The maximum absolute atomic E-state index is 12.3. The van der Waals surface area contributed by atoms with Gasteiger partial charge >= 0.3 is 0 Å². The maximum atomic E-state index is 12.3. The van der Waals surface area contributed by atoms with Gasteiger partial charge in [-0.05, 0) is 52.3 Å². The van der Waals surface area contributed by atoms with Gasteiger partial charge in [0.15, 0.2) is 15.0 Å². The van der Waals surface area contributed by atoms with Crippen LogP contribution in [0.3, 0.4) is 0 Å². The Morgan fingerprint density at radius 3 is 2.54 bits per heavy atom. The minimum absolute atomic E-state index is 0.0269. The second-order valence-electron chi connectivity index (χ2n) is 4.99. The van der Waals surface area contributed by atoms with E-state index in [2.05, 4.69) is 26.2 Å². The third-order valence-corrected chi connectivity index (χ3v) is 6.77. The van der Waals surface area contributed by atoms with E-state index in [1.807, 2.05) is 18.2 Å². The van der Waals surface area contributed by atoms with Crippen LogP contribution in [0.15, 0.2) is 51.8 Å². The highest BCUT2D eigenvalue weighted by Gasteiger charge is 2.14. The maximum Gasteiger partial charge on any atom is 0.257 e. The zero-order chi connectivity index (χ0) is 17.3. The Balaban J connectivity index is 1.82. The molecule has 8 heteroatoms. The number of rotatable bonds is 4. The van der Waals surface area contributed by atoms with Gasteiger partial charge in [-0.15, -0.1) is 0 Å². The molecule has 3 aromatic rings. The molecule has 0 aliphatic carbocycles. The van der Waals surface area contributed by atoms with E-state index in [0.717, 1.165) is 14.7 Å². The average molecular weight is 425 g/mol. The van der Waals surface area contributed by atoms with Gasteiger partial charge in [0, 0.05) is 10.0 Å². The zero-order valence-electron chi connectivity index (χ0n) is 12.6. The molecular weight excluding hydrogens is 412 g/mol. The SMILES string of the molecule is CCS(=O)(=O)c1ccc(C(=O)Nc2nc3c(Br)cccc3s2)cc1. The highest BCUT2D eigenvalue weighted by molar-refractivity contribution is 9.10. The largest absolute Gasteiger partial charge is 0.298 e. The number of halogens is 1. The Bertz CT molecular complexity index is 1010. The number of carbonyl (C=O) groups is 1. The van der Waals surface area contributed by atoms with E-state index in [4.69, 9.17) is 0 Å². The summed E-state index contributed by atoms with van der Waals surface area (Å²) in [6.45, 7) is 1.58. The molecule has 0 radical (unpaired) electrons. The van der Waals surface area contributed by atoms with Crippen molar-refractivity contribution >= 4 is 58.4 Å². The molecule has 0 aliphatic rings. The van der Waals surface area contributed by atoms with E-state index < -0.39 is 9.84 Å². The minimum Gasteiger partial charge on any atom is -0.298 e. The van der Waals surface area contributed by atoms with E-state index in [0.29, 0.717) is 10.7 Å². The number of hydrogen-bond acceptors (Lipinski definition) is 5. The van der Waals surface area contributed by atoms with Crippen LogP contribution in [0.4, 0.5) is 5.13 Å². The fraction of sp³-hybridized carbons (Fsp3) is 0.125. The number of carbonyl (C=O) groups excluding carboxylic acids is 1. The van der Waals surface area contributed by atoms with Gasteiger partial charge in [-0.25, -0.2) is 13.4 Å². The van der Waals surface area contributed by atoms with E-state index in [1.165, 1.54) is 35.6 Å². The molecule has 0 atom stereocenters. The van der Waals surface area contributed by atoms with Crippen molar-refractivity contribution in [3.63, 3.8) is 0 Å². The Morgan fingerprint density at radius 2 is 1.92 bits per heavy atom. The molecule has 0 aliphatic heterocycles. The molecule has 5 nitrogen and oxygen atoms in total. The monoisotopic (exact) mass is 424 g/mol. The van der Waals surface area contributed by atoms with Crippen LogP contribution >= 0.6 is 27.3 Å². The lowest BCUT2D eigenvalue weighted by Gasteiger charge is -2.04. The Kier molecular flexibility index (Phi) is 4.71. The molecule has 124 valence electrons. The van der Waals surface area contributed by atoms with Crippen LogP contribution in [0.25, 0.3) is 10.2 Å². The molecule has 0 unspecified atom stereocenters. The zero-order valence-corrected chi connectivity index (χ0v) is 15.8. The first-order valence-corrected chi connectivity index (χ1v) is 10.4. The third kappa shape index (κ3) is 3.35. The molecule has 24 heavy (non-hydrogen) atoms. The second-order valence-corrected chi connectivity index (χ2v) is 9.15. The van der Waals surface area contributed by atoms with Crippen molar-refractivity contribution in [1.29, 1.82) is 0 Å². The number of fused-ring (bicyclic) bond motifs is 1. The number of nitrogens with one attached hydrogen (secondary N) is 1. The number of amides is 1. The number of nitrogens with zero attached hydrogens (tertiary/aromatic N) is 1. The Morgan fingerprint density at radius 1 is 1.21 bits per heavy atom. The Hall–Kier alpha value is -1.77. The van der Waals surface area contributed by atoms with Crippen LogP contribution in [0.1, 0.15) is 17.3 Å². The van der Waals surface area contributed by atoms with E-state index in [1.54, 1.807) is 6.92 Å². The molecule has 1 N–H and O–H groups in total. The van der Waals surface area contributed by atoms with Crippen LogP contribution in [-0.4, -0.2) is 25.1 Å². The van der Waals surface area contributed by atoms with Crippen LogP contribution in [0.2, 0.25) is 0 Å². The van der Waals surface area contributed by atoms with Gasteiger partial charge in [0.05, 0.1) is 20.9 Å². The van der Waals surface area contributed by atoms with Crippen molar-refractivity contribution in [3.05, 3.63) is 52.5 Å². The van der Waals surface area contributed by atoms with Crippen LogP contribution in [0.5, 0.6) is 0 Å². The van der Waals surface area contributed by atoms with Gasteiger partial charge in [0.2, 0.25) is 0 Å². The molecule has 1 aromatic heterocycles. The predicted molar refractivity (Wildman–Crippen MR) is 99.4 cm³/mol. The van der Waals surface area contributed by atoms with Gasteiger partial charge in [0.25, 0.3) is 5.91 Å². The van der Waals surface area contributed by atoms with Gasteiger partial charge in [-0.3, -0.25) is 10.1 Å². The van der Waals surface area contributed by atoms with E-state index in [9.17, 15) is 13.2 Å². The minimum atomic E-state index is -3.27. The molecule has 0 fully saturated rings. The number of benzene rings is 2. The quantitative estimate of drug-likeness (QED) is 0.683. The Labute approximate surface area is 151 Å². The summed E-state index contributed by atoms with van der Waals surface area (Å²) in [6.07, 6.45) is 0. The van der Waals surface area contributed by atoms with Crippen molar-refractivity contribution in [1.82, 2.24) is 4.98 Å². The number of sulfone groups is 1. The molecule has 0 saturated heterocycles. The standard InChI is InChI=1S/C16H13BrN2O3S2/c1-2-24(21,22)11-8-6-10(7-9-11)15(20)19-16-18-14-12(17)4-3-5-13(14)23-16/h3-9H,2H2,1H3,(H,18,19,20). The first-order valence-electron chi connectivity index (χ1n) is 7.10. The molecule has 0 saturated carbocycles. The summed E-state index contributed by atoms with van der Waals surface area (Å²) < 4.78 is 25.4. The normalized spacial score (nSPS) is 11.6. The molecular formula is C16H13BrN2O3S2. The number of thiazole rings is 1. The van der Waals surface area contributed by atoms with Crippen molar-refractivity contribution in [2.24, 2.45) is 0 Å². The van der Waals surface area contributed by atoms with Gasteiger partial charge in [-0.1, -0.05) is 24.3 Å².